The van der Waals surface area contributed by atoms with Crippen molar-refractivity contribution in [3.8, 4) is 0 Å². The van der Waals surface area contributed by atoms with Crippen molar-refractivity contribution >= 4 is 17.7 Å². The van der Waals surface area contributed by atoms with Crippen molar-refractivity contribution in [1.82, 2.24) is 9.97 Å². The first-order valence-electron chi connectivity index (χ1n) is 4.94. The molecule has 0 amide bonds. The highest BCUT2D eigenvalue weighted by Crippen LogP contribution is 2.13. The van der Waals surface area contributed by atoms with Crippen LogP contribution in [0.4, 0.5) is 0 Å². The van der Waals surface area contributed by atoms with Crippen LogP contribution >= 0.6 is 11.8 Å². The van der Waals surface area contributed by atoms with Crippen LogP contribution in [0.25, 0.3) is 0 Å². The number of hydrogen-bond donors (Lipinski definition) is 1. The van der Waals surface area contributed by atoms with Gasteiger partial charge in [-0.25, -0.2) is 4.98 Å². The number of aromatic amines is 1. The zero-order valence-corrected chi connectivity index (χ0v) is 10.8. The van der Waals surface area contributed by atoms with Gasteiger partial charge in [-0.1, -0.05) is 11.8 Å². The fraction of sp³-hybridized carbons (Fsp3) is 0.600. The zero-order chi connectivity index (χ0) is 12.3. The number of carbonyl (C=O) groups is 1. The maximum atomic E-state index is 11.1. The number of quaternary nitrogens is 1. The average Bonchev–Trinajstić information content (AvgIpc) is 2.59. The number of H-pyrrole nitrogens is 1. The summed E-state index contributed by atoms with van der Waals surface area (Å²) in [5, 5.41) is 11.9. The maximum Gasteiger partial charge on any atom is 0.165 e. The summed E-state index contributed by atoms with van der Waals surface area (Å²) in [6.45, 7) is 0. The summed E-state index contributed by atoms with van der Waals surface area (Å²) in [5.41, 5.74) is 0.826. The molecule has 0 aliphatic carbocycles. The highest BCUT2D eigenvalue weighted by Gasteiger charge is 2.26. The van der Waals surface area contributed by atoms with Crippen LogP contribution in [0.2, 0.25) is 0 Å². The van der Waals surface area contributed by atoms with E-state index in [-0.39, 0.29) is 0 Å². The zero-order valence-electron chi connectivity index (χ0n) is 9.98. The first kappa shape index (κ1) is 13.1. The van der Waals surface area contributed by atoms with Gasteiger partial charge in [0.25, 0.3) is 0 Å². The van der Waals surface area contributed by atoms with E-state index in [4.69, 9.17) is 0 Å². The summed E-state index contributed by atoms with van der Waals surface area (Å²) >= 11 is 1.50. The fourth-order valence-corrected chi connectivity index (χ4v) is 1.82. The van der Waals surface area contributed by atoms with Crippen molar-refractivity contribution in [2.45, 2.75) is 17.6 Å². The Labute approximate surface area is 99.5 Å². The van der Waals surface area contributed by atoms with Crippen LogP contribution in [0.15, 0.2) is 11.4 Å². The topological polar surface area (TPSA) is 68.8 Å². The van der Waals surface area contributed by atoms with Gasteiger partial charge in [-0.3, -0.25) is 0 Å². The molecule has 16 heavy (non-hydrogen) atoms. The number of carboxylic acid groups (broad SMARTS) is 1. The van der Waals surface area contributed by atoms with Crippen LogP contribution in [0.3, 0.4) is 0 Å². The van der Waals surface area contributed by atoms with Crippen molar-refractivity contribution in [3.05, 3.63) is 11.9 Å². The first-order chi connectivity index (χ1) is 7.34. The highest BCUT2D eigenvalue weighted by atomic mass is 32.2. The van der Waals surface area contributed by atoms with Crippen LogP contribution in [0.1, 0.15) is 5.69 Å². The van der Waals surface area contributed by atoms with Crippen LogP contribution in [0.5, 0.6) is 0 Å². The van der Waals surface area contributed by atoms with E-state index in [2.05, 4.69) is 9.97 Å². The number of carbonyl (C=O) groups excluding carboxylic acids is 1. The molecule has 6 heteroatoms. The Hall–Kier alpha value is -1.01. The third kappa shape index (κ3) is 3.24. The molecule has 0 aliphatic rings. The molecule has 1 N–H and O–H groups in total. The molecule has 0 bridgehead atoms. The number of nitrogens with one attached hydrogen (secondary N) is 1. The van der Waals surface area contributed by atoms with Gasteiger partial charge in [-0.15, -0.1) is 0 Å². The van der Waals surface area contributed by atoms with Crippen molar-refractivity contribution < 1.29 is 14.4 Å². The summed E-state index contributed by atoms with van der Waals surface area (Å²) in [6, 6.07) is -0.574. The molecule has 0 aliphatic heterocycles. The lowest BCUT2D eigenvalue weighted by Crippen LogP contribution is -2.55. The van der Waals surface area contributed by atoms with Gasteiger partial charge < -0.3 is 19.4 Å². The second kappa shape index (κ2) is 4.88. The SMILES string of the molecule is CSc1ncc(C[C@@H](C(=O)[O-])[N+](C)(C)C)[nH]1. The molecule has 1 rings (SSSR count). The van der Waals surface area contributed by atoms with Gasteiger partial charge in [0.05, 0.1) is 27.1 Å². The molecule has 5 nitrogen and oxygen atoms in total. The molecule has 1 atom stereocenters. The van der Waals surface area contributed by atoms with Crippen LogP contribution in [-0.4, -0.2) is 53.9 Å². The smallest absolute Gasteiger partial charge is 0.165 e. The number of aromatic nitrogens is 2. The van der Waals surface area contributed by atoms with Gasteiger partial charge >= 0.3 is 0 Å². The minimum atomic E-state index is -1.03. The Morgan fingerprint density at radius 1 is 1.62 bits per heavy atom. The Bertz CT molecular complexity index is 370. The fourth-order valence-electron chi connectivity index (χ4n) is 1.43. The Morgan fingerprint density at radius 2 is 2.25 bits per heavy atom. The number of imidazole rings is 1. The van der Waals surface area contributed by atoms with Gasteiger partial charge in [0.15, 0.2) is 5.16 Å². The second-order valence-corrected chi connectivity index (χ2v) is 5.37. The van der Waals surface area contributed by atoms with E-state index in [1.807, 2.05) is 27.4 Å². The van der Waals surface area contributed by atoms with E-state index in [0.717, 1.165) is 10.9 Å². The van der Waals surface area contributed by atoms with Gasteiger partial charge in [-0.05, 0) is 6.26 Å². The standard InChI is InChI=1S/C10H17N3O2S/c1-13(2,3)8(9(14)15)5-7-6-11-10(12-7)16-4/h6,8H,5H2,1-4H3,(H-,11,12,14,15)/t8-/m0/s1. The summed E-state index contributed by atoms with van der Waals surface area (Å²) in [5.74, 6) is -1.03. The summed E-state index contributed by atoms with van der Waals surface area (Å²) in [6.07, 6.45) is 4.00. The molecule has 0 aromatic carbocycles. The van der Waals surface area contributed by atoms with Crippen LogP contribution < -0.4 is 5.11 Å². The first-order valence-corrected chi connectivity index (χ1v) is 6.17. The molecular formula is C10H17N3O2S. The van der Waals surface area contributed by atoms with Gasteiger partial charge in [0.2, 0.25) is 0 Å². The number of thioether (sulfide) groups is 1. The Balaban J connectivity index is 2.80. The van der Waals surface area contributed by atoms with Crippen molar-refractivity contribution in [2.24, 2.45) is 0 Å². The lowest BCUT2D eigenvalue weighted by molar-refractivity contribution is -0.889. The van der Waals surface area contributed by atoms with Crippen molar-refractivity contribution in [1.29, 1.82) is 0 Å². The third-order valence-corrected chi connectivity index (χ3v) is 3.01. The van der Waals surface area contributed by atoms with E-state index in [9.17, 15) is 9.90 Å². The van der Waals surface area contributed by atoms with E-state index >= 15 is 0 Å². The number of hydrogen-bond acceptors (Lipinski definition) is 4. The predicted molar refractivity (Wildman–Crippen MR) is 60.9 cm³/mol. The number of nitrogens with zero attached hydrogens (tertiary/aromatic N) is 2. The molecular weight excluding hydrogens is 226 g/mol. The third-order valence-electron chi connectivity index (χ3n) is 2.42. The Morgan fingerprint density at radius 3 is 2.62 bits per heavy atom. The van der Waals surface area contributed by atoms with Crippen LogP contribution in [0, 0.1) is 0 Å². The Kier molecular flexibility index (Phi) is 3.98. The highest BCUT2D eigenvalue weighted by molar-refractivity contribution is 7.98. The van der Waals surface area contributed by atoms with Crippen LogP contribution in [-0.2, 0) is 11.2 Å². The monoisotopic (exact) mass is 243 g/mol. The maximum absolute atomic E-state index is 11.1. The van der Waals surface area contributed by atoms with E-state index in [0.29, 0.717) is 10.9 Å². The summed E-state index contributed by atoms with van der Waals surface area (Å²) in [7, 11) is 5.52. The molecule has 0 saturated heterocycles. The van der Waals surface area contributed by atoms with E-state index in [1.165, 1.54) is 11.8 Å². The van der Waals surface area contributed by atoms with Crippen molar-refractivity contribution in [3.63, 3.8) is 0 Å². The van der Waals surface area contributed by atoms with Gasteiger partial charge in [0.1, 0.15) is 6.04 Å². The molecule has 0 radical (unpaired) electrons. The number of likely N-dealkylation sites (N-methyl/N-ethyl adjacent to an activating group) is 1. The lowest BCUT2D eigenvalue weighted by Gasteiger charge is -2.34. The molecule has 1 aromatic rings. The van der Waals surface area contributed by atoms with Crippen molar-refractivity contribution in [2.75, 3.05) is 27.4 Å². The van der Waals surface area contributed by atoms with E-state index in [1.54, 1.807) is 6.20 Å². The quantitative estimate of drug-likeness (QED) is 0.559. The summed E-state index contributed by atoms with van der Waals surface area (Å²) in [4.78, 5) is 18.2. The minimum Gasteiger partial charge on any atom is -0.544 e. The normalized spacial score (nSPS) is 13.8. The molecule has 0 fully saturated rings. The predicted octanol–water partition coefficient (Wildman–Crippen LogP) is -0.501. The number of rotatable bonds is 5. The molecule has 1 aromatic heterocycles. The largest absolute Gasteiger partial charge is 0.544 e. The minimum absolute atomic E-state index is 0.329. The lowest BCUT2D eigenvalue weighted by atomic mass is 10.1. The van der Waals surface area contributed by atoms with Gasteiger partial charge in [0, 0.05) is 18.3 Å². The second-order valence-electron chi connectivity index (χ2n) is 4.57. The molecule has 90 valence electrons. The number of aliphatic carboxylic acids is 1. The van der Waals surface area contributed by atoms with Gasteiger partial charge in [-0.2, -0.15) is 0 Å². The number of carboxylic acids is 1. The molecule has 0 saturated carbocycles. The molecule has 0 unspecified atom stereocenters. The average molecular weight is 243 g/mol. The van der Waals surface area contributed by atoms with E-state index < -0.39 is 12.0 Å². The summed E-state index contributed by atoms with van der Waals surface area (Å²) < 4.78 is 0.329. The molecule has 0 spiro atoms. The molecule has 1 heterocycles.